The van der Waals surface area contributed by atoms with Crippen molar-refractivity contribution in [2.24, 2.45) is 7.05 Å². The molecule has 5 heterocycles. The number of amides is 2. The van der Waals surface area contributed by atoms with E-state index in [-0.39, 0.29) is 23.3 Å². The predicted molar refractivity (Wildman–Crippen MR) is 122 cm³/mol. The summed E-state index contributed by atoms with van der Waals surface area (Å²) in [6, 6.07) is 5.65. The van der Waals surface area contributed by atoms with Gasteiger partial charge in [-0.3, -0.25) is 9.36 Å². The largest absolute Gasteiger partial charge is 0.383 e. The Bertz CT molecular complexity index is 1310. The molecule has 0 radical (unpaired) electrons. The number of anilines is 1. The van der Waals surface area contributed by atoms with Crippen molar-refractivity contribution in [3.8, 4) is 17.3 Å². The minimum atomic E-state index is -0.131. The molecule has 1 fully saturated rings. The van der Waals surface area contributed by atoms with Crippen molar-refractivity contribution >= 4 is 11.8 Å². The van der Waals surface area contributed by atoms with Crippen LogP contribution in [0.4, 0.5) is 10.6 Å². The number of nitrogen functional groups attached to an aromatic ring is 1. The fourth-order valence-corrected chi connectivity index (χ4v) is 5.19. The molecule has 33 heavy (non-hydrogen) atoms. The molecule has 1 saturated heterocycles. The number of rotatable bonds is 3. The van der Waals surface area contributed by atoms with E-state index in [4.69, 9.17) is 10.8 Å². The van der Waals surface area contributed by atoms with Crippen LogP contribution in [-0.4, -0.2) is 48.6 Å². The van der Waals surface area contributed by atoms with Gasteiger partial charge in [-0.15, -0.1) is 0 Å². The number of fused-ring (bicyclic) bond motifs is 2. The zero-order valence-corrected chi connectivity index (χ0v) is 19.3. The molecular weight excluding hydrogens is 418 g/mol. The highest BCUT2D eigenvalue weighted by atomic mass is 16.2. The quantitative estimate of drug-likeness (QED) is 0.635. The van der Waals surface area contributed by atoms with Crippen molar-refractivity contribution < 1.29 is 4.79 Å². The van der Waals surface area contributed by atoms with E-state index >= 15 is 0 Å². The third-order valence-corrected chi connectivity index (χ3v) is 7.06. The second kappa shape index (κ2) is 7.33. The first-order valence-electron chi connectivity index (χ1n) is 11.0. The molecule has 3 aromatic rings. The maximum absolute atomic E-state index is 12.9. The molecule has 2 aliphatic rings. The summed E-state index contributed by atoms with van der Waals surface area (Å²) in [5.41, 5.74) is 11.8. The fourth-order valence-electron chi connectivity index (χ4n) is 5.19. The van der Waals surface area contributed by atoms with E-state index in [9.17, 15) is 10.1 Å². The van der Waals surface area contributed by atoms with Crippen LogP contribution in [0.1, 0.15) is 47.6 Å². The van der Waals surface area contributed by atoms with E-state index in [1.165, 1.54) is 0 Å². The standard InChI is InChI=1S/C23H27N9O/c1-13-14(2)28-30(4)20(13)15(3)27-22(33)31-11-23(12-31)5-6-32-19(23)8-18(29-32)17-7-16(9-24)21(25)26-10-17/h7-8,10,15H,5-6,11-12H2,1-4H3,(H2,25,26)(H,27,33). The van der Waals surface area contributed by atoms with Gasteiger partial charge in [0.05, 0.1) is 28.7 Å². The van der Waals surface area contributed by atoms with E-state index in [2.05, 4.69) is 27.5 Å². The summed E-state index contributed by atoms with van der Waals surface area (Å²) in [5, 5.41) is 21.5. The van der Waals surface area contributed by atoms with E-state index < -0.39 is 0 Å². The van der Waals surface area contributed by atoms with Crippen molar-refractivity contribution in [1.82, 2.24) is 34.8 Å². The smallest absolute Gasteiger partial charge is 0.317 e. The topological polar surface area (TPSA) is 131 Å². The summed E-state index contributed by atoms with van der Waals surface area (Å²) in [6.07, 6.45) is 2.60. The molecule has 2 amide bonds. The summed E-state index contributed by atoms with van der Waals surface area (Å²) < 4.78 is 3.85. The minimum absolute atomic E-state index is 0.0639. The van der Waals surface area contributed by atoms with Crippen LogP contribution in [0.2, 0.25) is 0 Å². The Balaban J connectivity index is 1.30. The Hall–Kier alpha value is -3.87. The van der Waals surface area contributed by atoms with Gasteiger partial charge in [-0.2, -0.15) is 15.5 Å². The van der Waals surface area contributed by atoms with Gasteiger partial charge in [0.25, 0.3) is 0 Å². The molecule has 0 bridgehead atoms. The lowest BCUT2D eigenvalue weighted by Gasteiger charge is -2.47. The Labute approximate surface area is 192 Å². The Morgan fingerprint density at radius 1 is 1.30 bits per heavy atom. The van der Waals surface area contributed by atoms with E-state index in [0.717, 1.165) is 46.9 Å². The predicted octanol–water partition coefficient (Wildman–Crippen LogP) is 2.18. The molecule has 1 spiro atoms. The summed E-state index contributed by atoms with van der Waals surface area (Å²) >= 11 is 0. The Morgan fingerprint density at radius 2 is 2.06 bits per heavy atom. The van der Waals surface area contributed by atoms with E-state index in [1.54, 1.807) is 12.3 Å². The van der Waals surface area contributed by atoms with Crippen LogP contribution in [0.25, 0.3) is 11.3 Å². The van der Waals surface area contributed by atoms with Gasteiger partial charge in [0.15, 0.2) is 0 Å². The third-order valence-electron chi connectivity index (χ3n) is 7.06. The minimum Gasteiger partial charge on any atom is -0.383 e. The maximum atomic E-state index is 12.9. The molecule has 0 saturated carbocycles. The lowest BCUT2D eigenvalue weighted by molar-refractivity contribution is 0.0904. The van der Waals surface area contributed by atoms with Crippen molar-refractivity contribution in [2.45, 2.75) is 45.2 Å². The zero-order chi connectivity index (χ0) is 23.5. The number of nitrogens with two attached hydrogens (primary N) is 1. The number of likely N-dealkylation sites (tertiary alicyclic amines) is 1. The molecule has 2 aliphatic heterocycles. The molecule has 3 N–H and O–H groups in total. The highest BCUT2D eigenvalue weighted by Gasteiger charge is 2.51. The number of nitrogens with zero attached hydrogens (tertiary/aromatic N) is 7. The lowest BCUT2D eigenvalue weighted by Crippen LogP contribution is -2.62. The number of hydrogen-bond acceptors (Lipinski definition) is 6. The van der Waals surface area contributed by atoms with Crippen LogP contribution in [0.15, 0.2) is 18.3 Å². The fraction of sp³-hybridized carbons (Fsp3) is 0.435. The van der Waals surface area contributed by atoms with Crippen LogP contribution in [0.3, 0.4) is 0 Å². The van der Waals surface area contributed by atoms with Gasteiger partial charge >= 0.3 is 6.03 Å². The van der Waals surface area contributed by atoms with Crippen LogP contribution in [0, 0.1) is 25.2 Å². The number of pyridine rings is 1. The number of nitrogens with one attached hydrogen (secondary N) is 1. The summed E-state index contributed by atoms with van der Waals surface area (Å²) in [4.78, 5) is 18.9. The average molecular weight is 446 g/mol. The molecule has 0 aliphatic carbocycles. The highest BCUT2D eigenvalue weighted by Crippen LogP contribution is 2.44. The summed E-state index contributed by atoms with van der Waals surface area (Å²) in [7, 11) is 1.91. The molecular formula is C23H27N9O. The molecule has 0 aromatic carbocycles. The van der Waals surface area contributed by atoms with E-state index in [0.29, 0.717) is 18.7 Å². The highest BCUT2D eigenvalue weighted by molar-refractivity contribution is 5.76. The maximum Gasteiger partial charge on any atom is 0.317 e. The SMILES string of the molecule is Cc1nn(C)c(C(C)NC(=O)N2CC3(CCn4nc(-c5cnc(N)c(C#N)c5)cc43)C2)c1C. The van der Waals surface area contributed by atoms with Crippen LogP contribution >= 0.6 is 0 Å². The normalized spacial score (nSPS) is 16.9. The van der Waals surface area contributed by atoms with Gasteiger partial charge in [0.2, 0.25) is 0 Å². The van der Waals surface area contributed by atoms with Gasteiger partial charge in [-0.1, -0.05) is 0 Å². The summed E-state index contributed by atoms with van der Waals surface area (Å²) in [5.74, 6) is 0.218. The van der Waals surface area contributed by atoms with E-state index in [1.807, 2.05) is 42.1 Å². The van der Waals surface area contributed by atoms with Gasteiger partial charge in [-0.05, 0) is 44.9 Å². The van der Waals surface area contributed by atoms with Crippen molar-refractivity contribution in [3.05, 3.63) is 46.5 Å². The Morgan fingerprint density at radius 3 is 2.73 bits per heavy atom. The number of carbonyl (C=O) groups is 1. The number of carbonyl (C=O) groups excluding carboxylic acids is 1. The van der Waals surface area contributed by atoms with Gasteiger partial charge < -0.3 is 16.0 Å². The van der Waals surface area contributed by atoms with Gasteiger partial charge in [0.1, 0.15) is 11.9 Å². The van der Waals surface area contributed by atoms with Crippen molar-refractivity contribution in [1.29, 1.82) is 5.26 Å². The van der Waals surface area contributed by atoms with Crippen LogP contribution in [0.5, 0.6) is 0 Å². The van der Waals surface area contributed by atoms with Crippen LogP contribution in [-0.2, 0) is 19.0 Å². The number of hydrogen-bond donors (Lipinski definition) is 2. The first-order valence-corrected chi connectivity index (χ1v) is 11.0. The molecule has 1 unspecified atom stereocenters. The number of nitriles is 1. The van der Waals surface area contributed by atoms with Gasteiger partial charge in [0, 0.05) is 49.6 Å². The molecule has 3 aromatic heterocycles. The molecule has 10 nitrogen and oxygen atoms in total. The van der Waals surface area contributed by atoms with Crippen molar-refractivity contribution in [3.63, 3.8) is 0 Å². The second-order valence-electron chi connectivity index (χ2n) is 9.18. The summed E-state index contributed by atoms with van der Waals surface area (Å²) in [6.45, 7) is 8.12. The molecule has 1 atom stereocenters. The zero-order valence-electron chi connectivity index (χ0n) is 19.3. The average Bonchev–Trinajstić information content (AvgIpc) is 3.39. The second-order valence-corrected chi connectivity index (χ2v) is 9.18. The molecule has 170 valence electrons. The lowest BCUT2D eigenvalue weighted by atomic mass is 9.76. The monoisotopic (exact) mass is 445 g/mol. The number of aromatic nitrogens is 5. The number of aryl methyl sites for hydroxylation is 3. The van der Waals surface area contributed by atoms with Gasteiger partial charge in [-0.25, -0.2) is 9.78 Å². The first-order chi connectivity index (χ1) is 15.7. The number of urea groups is 1. The molecule has 5 rings (SSSR count). The third kappa shape index (κ3) is 3.23. The first kappa shape index (κ1) is 21.0. The Kier molecular flexibility index (Phi) is 4.67. The van der Waals surface area contributed by atoms with Crippen molar-refractivity contribution in [2.75, 3.05) is 18.8 Å². The van der Waals surface area contributed by atoms with Crippen LogP contribution < -0.4 is 11.1 Å². The molecule has 10 heteroatoms.